The predicted octanol–water partition coefficient (Wildman–Crippen LogP) is 6.33. The van der Waals surface area contributed by atoms with Gasteiger partial charge >= 0.3 is 5.97 Å². The van der Waals surface area contributed by atoms with E-state index in [1.807, 2.05) is 13.8 Å². The molecule has 4 rings (SSSR count). The van der Waals surface area contributed by atoms with Crippen LogP contribution >= 0.6 is 0 Å². The maximum Gasteiger partial charge on any atom is 0.336 e. The Labute approximate surface area is 177 Å². The van der Waals surface area contributed by atoms with Gasteiger partial charge in [-0.3, -0.25) is 0 Å². The van der Waals surface area contributed by atoms with Gasteiger partial charge in [0.05, 0.1) is 22.9 Å². The van der Waals surface area contributed by atoms with Crippen molar-refractivity contribution in [2.75, 3.05) is 0 Å². The zero-order valence-corrected chi connectivity index (χ0v) is 16.9. The lowest BCUT2D eigenvalue weighted by Crippen LogP contribution is -2.05. The van der Waals surface area contributed by atoms with E-state index in [1.54, 1.807) is 36.4 Å². The summed E-state index contributed by atoms with van der Waals surface area (Å²) in [6, 6.07) is 16.8. The lowest BCUT2D eigenvalue weighted by atomic mass is 10.00. The normalized spacial score (nSPS) is 11.1. The summed E-state index contributed by atoms with van der Waals surface area (Å²) >= 11 is 0. The second-order valence-electron chi connectivity index (χ2n) is 7.41. The van der Waals surface area contributed by atoms with Crippen LogP contribution in [0.25, 0.3) is 33.3 Å². The molecule has 156 valence electrons. The zero-order valence-electron chi connectivity index (χ0n) is 16.9. The number of aromatic nitrogens is 1. The molecule has 0 aliphatic heterocycles. The number of carboxylic acids is 1. The largest absolute Gasteiger partial charge is 0.491 e. The lowest BCUT2D eigenvalue weighted by Gasteiger charge is -2.11. The van der Waals surface area contributed by atoms with Crippen LogP contribution in [-0.2, 0) is 0 Å². The van der Waals surface area contributed by atoms with Crippen molar-refractivity contribution >= 4 is 16.9 Å². The first-order chi connectivity index (χ1) is 14.8. The molecule has 0 saturated carbocycles. The number of ether oxygens (including phenoxy) is 1. The number of carboxylic acid groups (broad SMARTS) is 1. The first-order valence-corrected chi connectivity index (χ1v) is 9.72. The minimum absolute atomic E-state index is 0.0449. The number of pyridine rings is 1. The predicted molar refractivity (Wildman–Crippen MR) is 115 cm³/mol. The Morgan fingerprint density at radius 1 is 0.935 bits per heavy atom. The number of halogens is 2. The Hall–Kier alpha value is -3.80. The summed E-state index contributed by atoms with van der Waals surface area (Å²) < 4.78 is 34.1. The minimum atomic E-state index is -1.21. The van der Waals surface area contributed by atoms with E-state index in [2.05, 4.69) is 4.98 Å². The van der Waals surface area contributed by atoms with Crippen molar-refractivity contribution in [2.24, 2.45) is 0 Å². The van der Waals surface area contributed by atoms with Gasteiger partial charge in [-0.25, -0.2) is 18.6 Å². The van der Waals surface area contributed by atoms with Crippen LogP contribution in [0.1, 0.15) is 24.2 Å². The molecule has 0 saturated heterocycles. The van der Waals surface area contributed by atoms with Crippen molar-refractivity contribution in [3.8, 4) is 28.1 Å². The van der Waals surface area contributed by atoms with Gasteiger partial charge in [-0.15, -0.1) is 0 Å². The summed E-state index contributed by atoms with van der Waals surface area (Å²) in [5.41, 5.74) is 2.04. The number of carbonyl (C=O) groups is 1. The second-order valence-corrected chi connectivity index (χ2v) is 7.41. The van der Waals surface area contributed by atoms with Gasteiger partial charge in [0.15, 0.2) is 0 Å². The molecule has 1 N–H and O–H groups in total. The lowest BCUT2D eigenvalue weighted by molar-refractivity contribution is 0.0699. The quantitative estimate of drug-likeness (QED) is 0.410. The summed E-state index contributed by atoms with van der Waals surface area (Å²) in [6.07, 6.45) is 0.0449. The molecule has 0 fully saturated rings. The van der Waals surface area contributed by atoms with E-state index in [-0.39, 0.29) is 17.1 Å². The molecule has 0 bridgehead atoms. The van der Waals surface area contributed by atoms with E-state index in [0.29, 0.717) is 33.7 Å². The summed E-state index contributed by atoms with van der Waals surface area (Å²) in [4.78, 5) is 16.1. The fourth-order valence-corrected chi connectivity index (χ4v) is 3.42. The number of aromatic carboxylic acids is 1. The van der Waals surface area contributed by atoms with Gasteiger partial charge in [0.2, 0.25) is 0 Å². The summed E-state index contributed by atoms with van der Waals surface area (Å²) in [5, 5.41) is 9.73. The smallest absolute Gasteiger partial charge is 0.336 e. The maximum atomic E-state index is 14.9. The van der Waals surface area contributed by atoms with Crippen molar-refractivity contribution in [3.05, 3.63) is 83.9 Å². The van der Waals surface area contributed by atoms with Gasteiger partial charge in [0.25, 0.3) is 0 Å². The highest BCUT2D eigenvalue weighted by atomic mass is 19.1. The number of benzene rings is 3. The Bertz CT molecular complexity index is 1280. The Balaban J connectivity index is 1.73. The van der Waals surface area contributed by atoms with Crippen LogP contribution in [0.15, 0.2) is 66.7 Å². The van der Waals surface area contributed by atoms with E-state index >= 15 is 0 Å². The number of hydrogen-bond acceptors (Lipinski definition) is 3. The molecule has 3 aromatic carbocycles. The first-order valence-electron chi connectivity index (χ1n) is 9.72. The molecular weight excluding hydrogens is 400 g/mol. The third kappa shape index (κ3) is 4.23. The average molecular weight is 419 g/mol. The maximum absolute atomic E-state index is 14.9. The van der Waals surface area contributed by atoms with Gasteiger partial charge in [-0.2, -0.15) is 0 Å². The topological polar surface area (TPSA) is 59.4 Å². The van der Waals surface area contributed by atoms with Crippen LogP contribution in [-0.4, -0.2) is 22.2 Å². The molecular formula is C25H19F2NO3. The molecule has 4 aromatic rings. The zero-order chi connectivity index (χ0) is 22.1. The molecule has 1 heterocycles. The number of fused-ring (bicyclic) bond motifs is 1. The molecule has 0 spiro atoms. The SMILES string of the molecule is CC(C)Oc1ccc(-c2ccc(-c3cc(C(=O)O)c4cc(F)ccc4n3)cc2F)cc1. The molecule has 0 aliphatic carbocycles. The van der Waals surface area contributed by atoms with Gasteiger partial charge in [0, 0.05) is 16.5 Å². The summed E-state index contributed by atoms with van der Waals surface area (Å²) in [7, 11) is 0. The van der Waals surface area contributed by atoms with E-state index in [0.717, 1.165) is 6.07 Å². The number of nitrogens with zero attached hydrogens (tertiary/aromatic N) is 1. The first kappa shape index (κ1) is 20.5. The van der Waals surface area contributed by atoms with Crippen LogP contribution < -0.4 is 4.74 Å². The molecule has 0 aliphatic rings. The monoisotopic (exact) mass is 419 g/mol. The third-order valence-corrected chi connectivity index (χ3v) is 4.80. The molecule has 6 heteroatoms. The molecule has 0 amide bonds. The average Bonchev–Trinajstić information content (AvgIpc) is 2.73. The van der Waals surface area contributed by atoms with E-state index in [4.69, 9.17) is 4.74 Å². The standard InChI is InChI=1S/C25H19F2NO3/c1-14(2)31-18-7-3-15(4-8-18)19-9-5-16(11-22(19)27)24-13-21(25(29)30)20-12-17(26)6-10-23(20)28-24/h3-14H,1-2H3,(H,29,30). The van der Waals surface area contributed by atoms with Crippen LogP contribution in [0.2, 0.25) is 0 Å². The fourth-order valence-electron chi connectivity index (χ4n) is 3.42. The minimum Gasteiger partial charge on any atom is -0.491 e. The summed E-state index contributed by atoms with van der Waals surface area (Å²) in [6.45, 7) is 3.86. The number of rotatable bonds is 5. The van der Waals surface area contributed by atoms with E-state index in [1.165, 1.54) is 24.3 Å². The van der Waals surface area contributed by atoms with Gasteiger partial charge in [0.1, 0.15) is 17.4 Å². The van der Waals surface area contributed by atoms with Crippen molar-refractivity contribution in [1.29, 1.82) is 0 Å². The van der Waals surface area contributed by atoms with Crippen LogP contribution in [0.5, 0.6) is 5.75 Å². The second kappa shape index (κ2) is 8.14. The van der Waals surface area contributed by atoms with Crippen LogP contribution in [0.3, 0.4) is 0 Å². The Morgan fingerprint density at radius 2 is 1.65 bits per heavy atom. The van der Waals surface area contributed by atoms with Crippen LogP contribution in [0.4, 0.5) is 8.78 Å². The van der Waals surface area contributed by atoms with Gasteiger partial charge in [-0.1, -0.05) is 24.3 Å². The highest BCUT2D eigenvalue weighted by molar-refractivity contribution is 6.03. The highest BCUT2D eigenvalue weighted by Gasteiger charge is 2.15. The fraction of sp³-hybridized carbons (Fsp3) is 0.120. The van der Waals surface area contributed by atoms with Crippen molar-refractivity contribution in [2.45, 2.75) is 20.0 Å². The molecule has 0 unspecified atom stereocenters. The Kier molecular flexibility index (Phi) is 5.38. The van der Waals surface area contributed by atoms with Gasteiger partial charge in [-0.05, 0) is 61.9 Å². The highest BCUT2D eigenvalue weighted by Crippen LogP contribution is 2.31. The van der Waals surface area contributed by atoms with Crippen molar-refractivity contribution < 1.29 is 23.4 Å². The Morgan fingerprint density at radius 3 is 2.29 bits per heavy atom. The molecule has 0 radical (unpaired) electrons. The molecule has 0 atom stereocenters. The van der Waals surface area contributed by atoms with Crippen molar-refractivity contribution in [3.63, 3.8) is 0 Å². The van der Waals surface area contributed by atoms with E-state index in [9.17, 15) is 18.7 Å². The number of hydrogen-bond donors (Lipinski definition) is 1. The summed E-state index contributed by atoms with van der Waals surface area (Å²) in [5.74, 6) is -1.52. The van der Waals surface area contributed by atoms with Gasteiger partial charge < -0.3 is 9.84 Å². The third-order valence-electron chi connectivity index (χ3n) is 4.80. The van der Waals surface area contributed by atoms with Crippen LogP contribution in [0, 0.1) is 11.6 Å². The molecule has 31 heavy (non-hydrogen) atoms. The van der Waals surface area contributed by atoms with E-state index < -0.39 is 17.6 Å². The van der Waals surface area contributed by atoms with Crippen molar-refractivity contribution in [1.82, 2.24) is 4.98 Å². The molecule has 4 nitrogen and oxygen atoms in total. The molecule has 1 aromatic heterocycles.